The van der Waals surface area contributed by atoms with E-state index in [1.165, 1.54) is 0 Å². The molecule has 4 nitrogen and oxygen atoms in total. The molecule has 1 aliphatic rings. The maximum absolute atomic E-state index is 11.7. The Kier molecular flexibility index (Phi) is 2.04. The van der Waals surface area contributed by atoms with Crippen molar-refractivity contribution in [2.75, 3.05) is 11.9 Å². The molecule has 2 heterocycles. The first kappa shape index (κ1) is 8.29. The smallest absolute Gasteiger partial charge is 0.258 e. The molecule has 0 saturated heterocycles. The zero-order chi connectivity index (χ0) is 9.26. The second-order valence-corrected chi connectivity index (χ2v) is 3.19. The highest BCUT2D eigenvalue weighted by atomic mass is 16.1. The molecule has 1 aliphatic heterocycles. The van der Waals surface area contributed by atoms with Gasteiger partial charge in [0.1, 0.15) is 5.82 Å². The lowest BCUT2D eigenvalue weighted by Gasteiger charge is -2.16. The first-order chi connectivity index (χ1) is 6.33. The molecular formula is C9H13N3O. The Balaban J connectivity index is 2.55. The van der Waals surface area contributed by atoms with Crippen molar-refractivity contribution in [3.63, 3.8) is 0 Å². The molecule has 0 spiro atoms. The number of rotatable bonds is 1. The molecule has 4 heteroatoms. The van der Waals surface area contributed by atoms with Crippen LogP contribution in [0, 0.1) is 0 Å². The van der Waals surface area contributed by atoms with E-state index >= 15 is 0 Å². The summed E-state index contributed by atoms with van der Waals surface area (Å²) in [5, 5.41) is 3.13. The number of anilines is 1. The summed E-state index contributed by atoms with van der Waals surface area (Å²) in [6.45, 7) is 3.57. The molecule has 13 heavy (non-hydrogen) atoms. The van der Waals surface area contributed by atoms with Gasteiger partial charge < -0.3 is 5.32 Å². The van der Waals surface area contributed by atoms with Crippen LogP contribution >= 0.6 is 0 Å². The van der Waals surface area contributed by atoms with E-state index in [1.54, 1.807) is 10.9 Å². The topological polar surface area (TPSA) is 46.9 Å². The van der Waals surface area contributed by atoms with Crippen LogP contribution in [0.4, 0.5) is 5.82 Å². The number of aromatic nitrogens is 2. The highest BCUT2D eigenvalue weighted by Gasteiger charge is 2.14. The van der Waals surface area contributed by atoms with Crippen molar-refractivity contribution in [3.05, 3.63) is 22.2 Å². The average molecular weight is 179 g/mol. The molecular weight excluding hydrogens is 166 g/mol. The normalized spacial score (nSPS) is 14.8. The van der Waals surface area contributed by atoms with Crippen LogP contribution in [0.3, 0.4) is 0 Å². The predicted molar refractivity (Wildman–Crippen MR) is 51.0 cm³/mol. The minimum absolute atomic E-state index is 0.111. The van der Waals surface area contributed by atoms with E-state index in [2.05, 4.69) is 10.3 Å². The molecule has 0 saturated carbocycles. The van der Waals surface area contributed by atoms with E-state index in [0.29, 0.717) is 6.54 Å². The first-order valence-corrected chi connectivity index (χ1v) is 4.65. The van der Waals surface area contributed by atoms with Crippen molar-refractivity contribution in [2.45, 2.75) is 26.3 Å². The van der Waals surface area contributed by atoms with Gasteiger partial charge in [-0.15, -0.1) is 0 Å². The summed E-state index contributed by atoms with van der Waals surface area (Å²) in [4.78, 5) is 15.9. The summed E-state index contributed by atoms with van der Waals surface area (Å²) < 4.78 is 1.64. The van der Waals surface area contributed by atoms with Gasteiger partial charge in [-0.25, -0.2) is 4.98 Å². The minimum atomic E-state index is 0.111. The summed E-state index contributed by atoms with van der Waals surface area (Å²) in [5.41, 5.74) is 0.954. The number of hydrogen-bond acceptors (Lipinski definition) is 3. The molecule has 0 amide bonds. The Hall–Kier alpha value is -1.32. The lowest BCUT2D eigenvalue weighted by atomic mass is 10.1. The molecule has 0 unspecified atom stereocenters. The average Bonchev–Trinajstić information content (AvgIpc) is 2.19. The van der Waals surface area contributed by atoms with Gasteiger partial charge in [0.2, 0.25) is 0 Å². The maximum atomic E-state index is 11.7. The highest BCUT2D eigenvalue weighted by Crippen LogP contribution is 2.13. The first-order valence-electron chi connectivity index (χ1n) is 4.65. The Labute approximate surface area is 76.6 Å². The van der Waals surface area contributed by atoms with Crippen molar-refractivity contribution in [3.8, 4) is 0 Å². The molecule has 70 valence electrons. The van der Waals surface area contributed by atoms with Crippen LogP contribution in [0.1, 0.15) is 18.9 Å². The van der Waals surface area contributed by atoms with Crippen LogP contribution in [0.15, 0.2) is 11.1 Å². The summed E-state index contributed by atoms with van der Waals surface area (Å²) >= 11 is 0. The van der Waals surface area contributed by atoms with Crippen molar-refractivity contribution in [2.24, 2.45) is 0 Å². The molecule has 0 radical (unpaired) electrons. The fourth-order valence-corrected chi connectivity index (χ4v) is 1.61. The van der Waals surface area contributed by atoms with Gasteiger partial charge in [-0.3, -0.25) is 9.36 Å². The van der Waals surface area contributed by atoms with Gasteiger partial charge in [0.25, 0.3) is 5.56 Å². The van der Waals surface area contributed by atoms with Gasteiger partial charge in [-0.1, -0.05) is 0 Å². The van der Waals surface area contributed by atoms with Crippen LogP contribution < -0.4 is 10.9 Å². The van der Waals surface area contributed by atoms with Crippen LogP contribution in [0.25, 0.3) is 0 Å². The molecule has 0 aliphatic carbocycles. The number of nitrogens with one attached hydrogen (secondary N) is 1. The SMILES string of the molecule is CCn1cnc2c(c1=O)CCCN2. The minimum Gasteiger partial charge on any atom is -0.370 e. The van der Waals surface area contributed by atoms with E-state index in [1.807, 2.05) is 6.92 Å². The van der Waals surface area contributed by atoms with E-state index in [-0.39, 0.29) is 5.56 Å². The Morgan fingerprint density at radius 3 is 3.31 bits per heavy atom. The largest absolute Gasteiger partial charge is 0.370 e. The monoisotopic (exact) mass is 179 g/mol. The zero-order valence-electron chi connectivity index (χ0n) is 7.71. The molecule has 1 N–H and O–H groups in total. The van der Waals surface area contributed by atoms with Crippen LogP contribution in [-0.4, -0.2) is 16.1 Å². The Morgan fingerprint density at radius 2 is 2.54 bits per heavy atom. The standard InChI is InChI=1S/C9H13N3O/c1-2-12-6-11-8-7(9(12)13)4-3-5-10-8/h6,10H,2-5H2,1H3. The maximum Gasteiger partial charge on any atom is 0.258 e. The summed E-state index contributed by atoms with van der Waals surface area (Å²) in [6, 6.07) is 0. The van der Waals surface area contributed by atoms with Gasteiger partial charge in [-0.2, -0.15) is 0 Å². The van der Waals surface area contributed by atoms with Crippen molar-refractivity contribution in [1.29, 1.82) is 0 Å². The summed E-state index contributed by atoms with van der Waals surface area (Å²) in [6.07, 6.45) is 3.49. The second-order valence-electron chi connectivity index (χ2n) is 3.19. The molecule has 0 aromatic carbocycles. The van der Waals surface area contributed by atoms with E-state index in [4.69, 9.17) is 0 Å². The van der Waals surface area contributed by atoms with Crippen LogP contribution in [-0.2, 0) is 13.0 Å². The highest BCUT2D eigenvalue weighted by molar-refractivity contribution is 5.44. The second kappa shape index (κ2) is 3.20. The number of nitrogens with zero attached hydrogens (tertiary/aromatic N) is 2. The van der Waals surface area contributed by atoms with Crippen LogP contribution in [0.5, 0.6) is 0 Å². The Morgan fingerprint density at radius 1 is 1.69 bits per heavy atom. The summed E-state index contributed by atoms with van der Waals surface area (Å²) in [7, 11) is 0. The number of hydrogen-bond donors (Lipinski definition) is 1. The van der Waals surface area contributed by atoms with Crippen molar-refractivity contribution < 1.29 is 0 Å². The third-order valence-corrected chi connectivity index (χ3v) is 2.37. The van der Waals surface area contributed by atoms with Gasteiger partial charge in [-0.05, 0) is 19.8 Å². The lowest BCUT2D eigenvalue weighted by Crippen LogP contribution is -2.28. The third kappa shape index (κ3) is 1.32. The van der Waals surface area contributed by atoms with Crippen LogP contribution in [0.2, 0.25) is 0 Å². The fraction of sp³-hybridized carbons (Fsp3) is 0.556. The molecule has 0 fully saturated rings. The van der Waals surface area contributed by atoms with Crippen molar-refractivity contribution in [1.82, 2.24) is 9.55 Å². The van der Waals surface area contributed by atoms with E-state index in [0.717, 1.165) is 30.8 Å². The van der Waals surface area contributed by atoms with Gasteiger partial charge in [0.15, 0.2) is 0 Å². The predicted octanol–water partition coefficient (Wildman–Crippen LogP) is 0.621. The molecule has 0 atom stereocenters. The Bertz CT molecular complexity index is 370. The van der Waals surface area contributed by atoms with Crippen molar-refractivity contribution >= 4 is 5.82 Å². The lowest BCUT2D eigenvalue weighted by molar-refractivity contribution is 0.677. The van der Waals surface area contributed by atoms with E-state index in [9.17, 15) is 4.79 Å². The summed E-state index contributed by atoms with van der Waals surface area (Å²) in [5.74, 6) is 0.779. The van der Waals surface area contributed by atoms with E-state index < -0.39 is 0 Å². The van der Waals surface area contributed by atoms with Gasteiger partial charge in [0.05, 0.1) is 11.9 Å². The molecule has 2 rings (SSSR count). The number of aryl methyl sites for hydroxylation is 1. The van der Waals surface area contributed by atoms with Gasteiger partial charge in [0, 0.05) is 13.1 Å². The fourth-order valence-electron chi connectivity index (χ4n) is 1.61. The molecule has 0 bridgehead atoms. The molecule has 1 aromatic heterocycles. The zero-order valence-corrected chi connectivity index (χ0v) is 7.71. The molecule has 1 aromatic rings. The van der Waals surface area contributed by atoms with Gasteiger partial charge >= 0.3 is 0 Å². The number of fused-ring (bicyclic) bond motifs is 1. The quantitative estimate of drug-likeness (QED) is 0.687. The third-order valence-electron chi connectivity index (χ3n) is 2.37.